The second-order valence-corrected chi connectivity index (χ2v) is 6.08. The van der Waals surface area contributed by atoms with Crippen LogP contribution < -0.4 is 5.73 Å². The van der Waals surface area contributed by atoms with Crippen molar-refractivity contribution >= 4 is 5.91 Å². The zero-order valence-electron chi connectivity index (χ0n) is 13.1. The van der Waals surface area contributed by atoms with Crippen LogP contribution in [0.15, 0.2) is 36.5 Å². The summed E-state index contributed by atoms with van der Waals surface area (Å²) in [5, 5.41) is 4.28. The van der Waals surface area contributed by atoms with Gasteiger partial charge in [-0.3, -0.25) is 4.79 Å². The van der Waals surface area contributed by atoms with Gasteiger partial charge in [-0.15, -0.1) is 0 Å². The molecule has 116 valence electrons. The second-order valence-electron chi connectivity index (χ2n) is 6.08. The predicted molar refractivity (Wildman–Crippen MR) is 86.0 cm³/mol. The Morgan fingerprint density at radius 3 is 2.59 bits per heavy atom. The average Bonchev–Trinajstić information content (AvgIpc) is 3.12. The second kappa shape index (κ2) is 5.93. The molecule has 2 atom stereocenters. The van der Waals surface area contributed by atoms with Crippen LogP contribution >= 0.6 is 0 Å². The zero-order chi connectivity index (χ0) is 15.7. The van der Waals surface area contributed by atoms with Gasteiger partial charge < -0.3 is 10.6 Å². The third-order valence-corrected chi connectivity index (χ3v) is 4.45. The molecule has 2 unspecified atom stereocenters. The average molecular weight is 298 g/mol. The van der Waals surface area contributed by atoms with Crippen LogP contribution in [-0.4, -0.2) is 39.7 Å². The third-order valence-electron chi connectivity index (χ3n) is 4.45. The number of aryl methyl sites for hydroxylation is 1. The fraction of sp³-hybridized carbons (Fsp3) is 0.412. The minimum atomic E-state index is 0.0900. The number of carbonyl (C=O) groups is 1. The summed E-state index contributed by atoms with van der Waals surface area (Å²) in [7, 11) is 0. The zero-order valence-corrected chi connectivity index (χ0v) is 13.1. The lowest BCUT2D eigenvalue weighted by molar-refractivity contribution is 0.0743. The van der Waals surface area contributed by atoms with E-state index in [1.807, 2.05) is 46.8 Å². The molecule has 1 aromatic carbocycles. The lowest BCUT2D eigenvalue weighted by Gasteiger charge is -2.21. The summed E-state index contributed by atoms with van der Waals surface area (Å²) in [4.78, 5) is 14.6. The Bertz CT molecular complexity index is 662. The van der Waals surface area contributed by atoms with Crippen molar-refractivity contribution in [2.75, 3.05) is 13.1 Å². The van der Waals surface area contributed by atoms with Crippen molar-refractivity contribution in [2.45, 2.75) is 26.3 Å². The molecular weight excluding hydrogens is 276 g/mol. The summed E-state index contributed by atoms with van der Waals surface area (Å²) in [5.41, 5.74) is 8.49. The normalized spacial score (nSPS) is 21.3. The molecule has 2 N–H and O–H groups in total. The maximum atomic E-state index is 12.6. The molecule has 1 aliphatic heterocycles. The Balaban J connectivity index is 1.78. The molecule has 0 radical (unpaired) electrons. The van der Waals surface area contributed by atoms with E-state index in [1.54, 1.807) is 6.20 Å². The van der Waals surface area contributed by atoms with Crippen LogP contribution in [0.3, 0.4) is 0 Å². The van der Waals surface area contributed by atoms with Crippen LogP contribution in [0.4, 0.5) is 0 Å². The fourth-order valence-electron chi connectivity index (χ4n) is 3.15. The number of carbonyl (C=O) groups excluding carboxylic acids is 1. The van der Waals surface area contributed by atoms with Crippen LogP contribution in [-0.2, 0) is 0 Å². The Morgan fingerprint density at radius 1 is 1.32 bits per heavy atom. The first-order chi connectivity index (χ1) is 10.6. The van der Waals surface area contributed by atoms with Crippen LogP contribution in [0.1, 0.15) is 29.4 Å². The Kier molecular flexibility index (Phi) is 3.98. The van der Waals surface area contributed by atoms with Gasteiger partial charge >= 0.3 is 0 Å². The summed E-state index contributed by atoms with van der Waals surface area (Å²) < 4.78 is 1.86. The predicted octanol–water partition coefficient (Wildman–Crippen LogP) is 1.99. The molecule has 1 amide bonds. The highest BCUT2D eigenvalue weighted by molar-refractivity contribution is 5.94. The largest absolute Gasteiger partial charge is 0.336 e. The molecule has 0 saturated carbocycles. The minimum absolute atomic E-state index is 0.0900. The van der Waals surface area contributed by atoms with E-state index in [-0.39, 0.29) is 11.9 Å². The first-order valence-electron chi connectivity index (χ1n) is 7.72. The molecule has 2 heterocycles. The van der Waals surface area contributed by atoms with E-state index in [2.05, 4.69) is 12.0 Å². The highest BCUT2D eigenvalue weighted by Crippen LogP contribution is 2.24. The number of aromatic nitrogens is 2. The Labute approximate surface area is 130 Å². The summed E-state index contributed by atoms with van der Waals surface area (Å²) >= 11 is 0. The van der Waals surface area contributed by atoms with Gasteiger partial charge in [-0.05, 0) is 63.1 Å². The van der Waals surface area contributed by atoms with Crippen molar-refractivity contribution in [1.82, 2.24) is 14.7 Å². The van der Waals surface area contributed by atoms with Crippen LogP contribution in [0.25, 0.3) is 5.69 Å². The number of hydrogen-bond donors (Lipinski definition) is 1. The maximum absolute atomic E-state index is 12.6. The van der Waals surface area contributed by atoms with E-state index in [9.17, 15) is 4.79 Å². The van der Waals surface area contributed by atoms with Crippen molar-refractivity contribution < 1.29 is 4.79 Å². The van der Waals surface area contributed by atoms with Crippen molar-refractivity contribution in [3.63, 3.8) is 0 Å². The lowest BCUT2D eigenvalue weighted by Crippen LogP contribution is -2.34. The molecule has 0 spiro atoms. The summed E-state index contributed by atoms with van der Waals surface area (Å²) in [6.07, 6.45) is 2.76. The first-order valence-corrected chi connectivity index (χ1v) is 7.72. The molecule has 5 heteroatoms. The highest BCUT2D eigenvalue weighted by Gasteiger charge is 2.31. The molecule has 1 saturated heterocycles. The maximum Gasteiger partial charge on any atom is 0.254 e. The van der Waals surface area contributed by atoms with Gasteiger partial charge in [-0.2, -0.15) is 5.10 Å². The van der Waals surface area contributed by atoms with Crippen molar-refractivity contribution in [1.29, 1.82) is 0 Å². The van der Waals surface area contributed by atoms with Gasteiger partial charge in [0.25, 0.3) is 5.91 Å². The van der Waals surface area contributed by atoms with Gasteiger partial charge in [0.05, 0.1) is 5.69 Å². The Morgan fingerprint density at radius 2 is 2.05 bits per heavy atom. The molecular formula is C17H22N4O. The van der Waals surface area contributed by atoms with Gasteiger partial charge in [0.2, 0.25) is 0 Å². The van der Waals surface area contributed by atoms with E-state index in [1.165, 1.54) is 0 Å². The standard InChI is InChI=1S/C17H22N4O/c1-12-7-8-19-21(12)16-5-3-15(4-6-16)17(22)20-11-14(10-18)9-13(20)2/h3-8,13-14H,9-11,18H2,1-2H3. The monoisotopic (exact) mass is 298 g/mol. The van der Waals surface area contributed by atoms with E-state index in [0.717, 1.165) is 29.9 Å². The third kappa shape index (κ3) is 2.64. The molecule has 0 aliphatic carbocycles. The molecule has 5 nitrogen and oxygen atoms in total. The van der Waals surface area contributed by atoms with Gasteiger partial charge in [0, 0.05) is 30.0 Å². The number of likely N-dealkylation sites (tertiary alicyclic amines) is 1. The van der Waals surface area contributed by atoms with E-state index in [0.29, 0.717) is 12.5 Å². The number of amides is 1. The molecule has 2 aromatic rings. The molecule has 22 heavy (non-hydrogen) atoms. The Hall–Kier alpha value is -2.14. The number of rotatable bonds is 3. The highest BCUT2D eigenvalue weighted by atomic mass is 16.2. The molecule has 1 fully saturated rings. The molecule has 0 bridgehead atoms. The summed E-state index contributed by atoms with van der Waals surface area (Å²) in [6.45, 7) is 5.50. The van der Waals surface area contributed by atoms with Gasteiger partial charge in [-0.1, -0.05) is 0 Å². The van der Waals surface area contributed by atoms with Crippen molar-refractivity contribution in [2.24, 2.45) is 11.7 Å². The van der Waals surface area contributed by atoms with E-state index in [4.69, 9.17) is 5.73 Å². The van der Waals surface area contributed by atoms with E-state index < -0.39 is 0 Å². The van der Waals surface area contributed by atoms with Crippen molar-refractivity contribution in [3.8, 4) is 5.69 Å². The SMILES string of the molecule is Cc1ccnn1-c1ccc(C(=O)N2CC(CN)CC2C)cc1. The number of benzene rings is 1. The minimum Gasteiger partial charge on any atom is -0.336 e. The van der Waals surface area contributed by atoms with Gasteiger partial charge in [0.1, 0.15) is 0 Å². The fourth-order valence-corrected chi connectivity index (χ4v) is 3.15. The van der Waals surface area contributed by atoms with Crippen LogP contribution in [0.5, 0.6) is 0 Å². The molecule has 3 rings (SSSR count). The lowest BCUT2D eigenvalue weighted by atomic mass is 10.1. The summed E-state index contributed by atoms with van der Waals surface area (Å²) in [5.74, 6) is 0.511. The number of nitrogens with two attached hydrogens (primary N) is 1. The quantitative estimate of drug-likeness (QED) is 0.942. The van der Waals surface area contributed by atoms with Crippen molar-refractivity contribution in [3.05, 3.63) is 47.8 Å². The number of hydrogen-bond acceptors (Lipinski definition) is 3. The van der Waals surface area contributed by atoms with Crippen LogP contribution in [0, 0.1) is 12.8 Å². The van der Waals surface area contributed by atoms with Gasteiger partial charge in [0.15, 0.2) is 0 Å². The summed E-state index contributed by atoms with van der Waals surface area (Å²) in [6, 6.07) is 9.84. The van der Waals surface area contributed by atoms with E-state index >= 15 is 0 Å². The van der Waals surface area contributed by atoms with Crippen LogP contribution in [0.2, 0.25) is 0 Å². The molecule has 1 aromatic heterocycles. The number of nitrogens with zero attached hydrogens (tertiary/aromatic N) is 3. The topological polar surface area (TPSA) is 64.2 Å². The first kappa shape index (κ1) is 14.8. The van der Waals surface area contributed by atoms with Gasteiger partial charge in [-0.25, -0.2) is 4.68 Å². The molecule has 1 aliphatic rings. The smallest absolute Gasteiger partial charge is 0.254 e.